The number of hydrogen-bond acceptors (Lipinski definition) is 3. The van der Waals surface area contributed by atoms with Gasteiger partial charge in [0.25, 0.3) is 5.91 Å². The molecule has 0 fully saturated rings. The highest BCUT2D eigenvalue weighted by Crippen LogP contribution is 2.23. The Balaban J connectivity index is 1.85. The van der Waals surface area contributed by atoms with Crippen molar-refractivity contribution in [2.24, 2.45) is 0 Å². The van der Waals surface area contributed by atoms with Crippen LogP contribution in [0.5, 0.6) is 0 Å². The van der Waals surface area contributed by atoms with Crippen molar-refractivity contribution >= 4 is 17.6 Å². The molecule has 0 aliphatic heterocycles. The Kier molecular flexibility index (Phi) is 5.74. The van der Waals surface area contributed by atoms with Crippen molar-refractivity contribution in [1.29, 1.82) is 0 Å². The van der Waals surface area contributed by atoms with Gasteiger partial charge in [0.1, 0.15) is 17.5 Å². The summed E-state index contributed by atoms with van der Waals surface area (Å²) >= 11 is 0. The molecule has 0 aliphatic carbocycles. The second-order valence-corrected chi connectivity index (χ2v) is 5.82. The molecule has 0 saturated heterocycles. The third-order valence-corrected chi connectivity index (χ3v) is 3.83. The monoisotopic (exact) mass is 385 g/mol. The zero-order valence-electron chi connectivity index (χ0n) is 14.4. The SMILES string of the molecule is O=C(O[C@@H](C(=O)Nc1ccc(F)cc1)c1ccccc1)c1ccc(F)cc1F. The summed E-state index contributed by atoms with van der Waals surface area (Å²) in [4.78, 5) is 25.0. The number of nitrogens with one attached hydrogen (secondary N) is 1. The summed E-state index contributed by atoms with van der Waals surface area (Å²) in [6, 6.07) is 15.5. The number of benzene rings is 3. The molecule has 0 saturated carbocycles. The van der Waals surface area contributed by atoms with Crippen molar-refractivity contribution in [3.8, 4) is 0 Å². The maximum atomic E-state index is 13.9. The third kappa shape index (κ3) is 4.56. The molecule has 0 aliphatic rings. The lowest BCUT2D eigenvalue weighted by atomic mass is 10.1. The summed E-state index contributed by atoms with van der Waals surface area (Å²) in [7, 11) is 0. The number of rotatable bonds is 5. The van der Waals surface area contributed by atoms with Crippen LogP contribution in [-0.2, 0) is 9.53 Å². The minimum absolute atomic E-state index is 0.288. The second-order valence-electron chi connectivity index (χ2n) is 5.82. The van der Waals surface area contributed by atoms with Crippen LogP contribution in [0.15, 0.2) is 72.8 Å². The van der Waals surface area contributed by atoms with Gasteiger partial charge in [-0.2, -0.15) is 0 Å². The largest absolute Gasteiger partial charge is 0.444 e. The van der Waals surface area contributed by atoms with E-state index in [1.165, 1.54) is 12.1 Å². The van der Waals surface area contributed by atoms with Crippen LogP contribution >= 0.6 is 0 Å². The van der Waals surface area contributed by atoms with Crippen LogP contribution in [0.25, 0.3) is 0 Å². The van der Waals surface area contributed by atoms with Crippen molar-refractivity contribution in [1.82, 2.24) is 0 Å². The molecular weight excluding hydrogens is 371 g/mol. The number of ether oxygens (including phenoxy) is 1. The number of carbonyl (C=O) groups excluding carboxylic acids is 2. The summed E-state index contributed by atoms with van der Waals surface area (Å²) in [6.07, 6.45) is -1.40. The van der Waals surface area contributed by atoms with E-state index in [-0.39, 0.29) is 5.69 Å². The molecule has 1 N–H and O–H groups in total. The Morgan fingerprint density at radius 3 is 2.11 bits per heavy atom. The molecule has 3 aromatic rings. The average molecular weight is 385 g/mol. The molecule has 4 nitrogen and oxygen atoms in total. The number of hydrogen-bond donors (Lipinski definition) is 1. The van der Waals surface area contributed by atoms with E-state index < -0.39 is 41.0 Å². The summed E-state index contributed by atoms with van der Waals surface area (Å²) in [6.45, 7) is 0. The van der Waals surface area contributed by atoms with Gasteiger partial charge >= 0.3 is 5.97 Å². The van der Waals surface area contributed by atoms with Crippen molar-refractivity contribution in [3.63, 3.8) is 0 Å². The van der Waals surface area contributed by atoms with Gasteiger partial charge in [0, 0.05) is 17.3 Å². The quantitative estimate of drug-likeness (QED) is 0.651. The Labute approximate surface area is 158 Å². The van der Waals surface area contributed by atoms with Gasteiger partial charge in [-0.1, -0.05) is 30.3 Å². The van der Waals surface area contributed by atoms with Gasteiger partial charge in [-0.25, -0.2) is 18.0 Å². The fraction of sp³-hybridized carbons (Fsp3) is 0.0476. The van der Waals surface area contributed by atoms with E-state index in [2.05, 4.69) is 5.32 Å². The van der Waals surface area contributed by atoms with Crippen molar-refractivity contribution in [3.05, 3.63) is 101 Å². The Morgan fingerprint density at radius 1 is 0.821 bits per heavy atom. The summed E-state index contributed by atoms with van der Waals surface area (Å²) in [5.74, 6) is -4.26. The molecule has 1 amide bonds. The first kappa shape index (κ1) is 19.2. The first-order valence-corrected chi connectivity index (χ1v) is 8.21. The summed E-state index contributed by atoms with van der Waals surface area (Å²) in [5.41, 5.74) is 0.131. The van der Waals surface area contributed by atoms with Gasteiger partial charge in [0.2, 0.25) is 6.10 Å². The molecule has 7 heteroatoms. The van der Waals surface area contributed by atoms with E-state index in [1.807, 2.05) is 0 Å². The zero-order valence-corrected chi connectivity index (χ0v) is 14.4. The van der Waals surface area contributed by atoms with E-state index in [0.29, 0.717) is 11.6 Å². The molecule has 28 heavy (non-hydrogen) atoms. The fourth-order valence-corrected chi connectivity index (χ4v) is 2.47. The number of esters is 1. The standard InChI is InChI=1S/C21H14F3NO3/c22-14-6-9-16(10-7-14)25-20(26)19(13-4-2-1-3-5-13)28-21(27)17-11-8-15(23)12-18(17)24/h1-12,19H,(H,25,26)/t19-/m1/s1. The van der Waals surface area contributed by atoms with Gasteiger partial charge in [0.05, 0.1) is 5.56 Å². The molecule has 3 rings (SSSR count). The van der Waals surface area contributed by atoms with Crippen molar-refractivity contribution in [2.75, 3.05) is 5.32 Å². The molecule has 1 atom stereocenters. The lowest BCUT2D eigenvalue weighted by Crippen LogP contribution is -2.26. The molecule has 0 aromatic heterocycles. The molecule has 142 valence electrons. The van der Waals surface area contributed by atoms with Crippen LogP contribution in [0.1, 0.15) is 22.0 Å². The van der Waals surface area contributed by atoms with E-state index in [0.717, 1.165) is 24.3 Å². The van der Waals surface area contributed by atoms with E-state index in [1.54, 1.807) is 30.3 Å². The lowest BCUT2D eigenvalue weighted by Gasteiger charge is -2.18. The normalized spacial score (nSPS) is 11.5. The number of anilines is 1. The van der Waals surface area contributed by atoms with Gasteiger partial charge < -0.3 is 10.1 Å². The van der Waals surface area contributed by atoms with Crippen molar-refractivity contribution < 1.29 is 27.5 Å². The molecule has 0 radical (unpaired) electrons. The molecular formula is C21H14F3NO3. The van der Waals surface area contributed by atoms with Crippen LogP contribution in [0, 0.1) is 17.5 Å². The molecule has 0 unspecified atom stereocenters. The highest BCUT2D eigenvalue weighted by molar-refractivity contribution is 5.98. The average Bonchev–Trinajstić information content (AvgIpc) is 2.68. The zero-order chi connectivity index (χ0) is 20.1. The second kappa shape index (κ2) is 8.39. The maximum Gasteiger partial charge on any atom is 0.342 e. The third-order valence-electron chi connectivity index (χ3n) is 3.83. The van der Waals surface area contributed by atoms with Gasteiger partial charge in [-0.15, -0.1) is 0 Å². The topological polar surface area (TPSA) is 55.4 Å². The number of halogens is 3. The number of carbonyl (C=O) groups is 2. The smallest absolute Gasteiger partial charge is 0.342 e. The molecule has 0 spiro atoms. The summed E-state index contributed by atoms with van der Waals surface area (Å²) < 4.78 is 45.2. The minimum atomic E-state index is -1.40. The lowest BCUT2D eigenvalue weighted by molar-refractivity contribution is -0.125. The Morgan fingerprint density at radius 2 is 1.46 bits per heavy atom. The van der Waals surface area contributed by atoms with Crippen molar-refractivity contribution in [2.45, 2.75) is 6.10 Å². The van der Waals surface area contributed by atoms with E-state index in [4.69, 9.17) is 4.74 Å². The van der Waals surface area contributed by atoms with Gasteiger partial charge in [-0.3, -0.25) is 4.79 Å². The van der Waals surface area contributed by atoms with Crippen LogP contribution < -0.4 is 5.32 Å². The highest BCUT2D eigenvalue weighted by Gasteiger charge is 2.27. The van der Waals surface area contributed by atoms with E-state index >= 15 is 0 Å². The first-order chi connectivity index (χ1) is 13.4. The first-order valence-electron chi connectivity index (χ1n) is 8.21. The van der Waals surface area contributed by atoms with Crippen LogP contribution in [0.2, 0.25) is 0 Å². The van der Waals surface area contributed by atoms with Crippen LogP contribution in [0.4, 0.5) is 18.9 Å². The fourth-order valence-electron chi connectivity index (χ4n) is 2.47. The van der Waals surface area contributed by atoms with Crippen LogP contribution in [-0.4, -0.2) is 11.9 Å². The highest BCUT2D eigenvalue weighted by atomic mass is 19.1. The Bertz CT molecular complexity index is 992. The number of amides is 1. The molecule has 3 aromatic carbocycles. The van der Waals surface area contributed by atoms with Crippen LogP contribution in [0.3, 0.4) is 0 Å². The van der Waals surface area contributed by atoms with Gasteiger partial charge in [0.15, 0.2) is 0 Å². The predicted octanol–water partition coefficient (Wildman–Crippen LogP) is 4.64. The summed E-state index contributed by atoms with van der Waals surface area (Å²) in [5, 5.41) is 2.51. The van der Waals surface area contributed by atoms with Gasteiger partial charge in [-0.05, 0) is 36.4 Å². The maximum absolute atomic E-state index is 13.9. The Hall–Kier alpha value is -3.61. The molecule has 0 heterocycles. The molecule has 0 bridgehead atoms. The van der Waals surface area contributed by atoms with E-state index in [9.17, 15) is 22.8 Å². The predicted molar refractivity (Wildman–Crippen MR) is 96.0 cm³/mol. The minimum Gasteiger partial charge on any atom is -0.444 e.